The van der Waals surface area contributed by atoms with E-state index in [0.29, 0.717) is 18.6 Å². The molecule has 0 aliphatic heterocycles. The number of carbonyl (C=O) groups is 1. The smallest absolute Gasteiger partial charge is 0.308 e. The van der Waals surface area contributed by atoms with Crippen molar-refractivity contribution in [3.8, 4) is 0 Å². The van der Waals surface area contributed by atoms with Crippen LogP contribution in [0.5, 0.6) is 0 Å². The van der Waals surface area contributed by atoms with Gasteiger partial charge in [0.25, 0.3) is 0 Å². The molecule has 0 unspecified atom stereocenters. The Balaban J connectivity index is 2.45. The Morgan fingerprint density at radius 1 is 1.50 bits per heavy atom. The topological polar surface area (TPSA) is 38.3 Å². The fourth-order valence-electron chi connectivity index (χ4n) is 2.20. The Morgan fingerprint density at radius 2 is 2.21 bits per heavy atom. The van der Waals surface area contributed by atoms with Gasteiger partial charge in [-0.05, 0) is 39.2 Å². The van der Waals surface area contributed by atoms with Crippen molar-refractivity contribution < 1.29 is 9.53 Å². The summed E-state index contributed by atoms with van der Waals surface area (Å²) in [7, 11) is 1.97. The minimum absolute atomic E-state index is 0.0142. The average molecular weight is 199 g/mol. The number of carbonyl (C=O) groups excluding carboxylic acids is 1. The van der Waals surface area contributed by atoms with Crippen LogP contribution in [0.2, 0.25) is 0 Å². The second-order valence-corrected chi connectivity index (χ2v) is 4.13. The fourth-order valence-corrected chi connectivity index (χ4v) is 2.20. The molecule has 82 valence electrons. The second kappa shape index (κ2) is 5.35. The zero-order valence-corrected chi connectivity index (χ0v) is 9.38. The van der Waals surface area contributed by atoms with Gasteiger partial charge >= 0.3 is 5.97 Å². The van der Waals surface area contributed by atoms with Crippen LogP contribution in [0.4, 0.5) is 0 Å². The summed E-state index contributed by atoms with van der Waals surface area (Å²) >= 11 is 0. The van der Waals surface area contributed by atoms with Crippen LogP contribution in [-0.4, -0.2) is 25.7 Å². The predicted molar refractivity (Wildman–Crippen MR) is 56.0 cm³/mol. The quantitative estimate of drug-likeness (QED) is 0.701. The van der Waals surface area contributed by atoms with Gasteiger partial charge in [0.2, 0.25) is 0 Å². The maximum absolute atomic E-state index is 11.5. The van der Waals surface area contributed by atoms with Gasteiger partial charge in [0.05, 0.1) is 12.5 Å². The Kier molecular flexibility index (Phi) is 4.39. The molecule has 0 bridgehead atoms. The van der Waals surface area contributed by atoms with E-state index in [1.165, 1.54) is 0 Å². The maximum atomic E-state index is 11.5. The van der Waals surface area contributed by atoms with Crippen molar-refractivity contribution in [2.24, 2.45) is 11.8 Å². The molecule has 3 atom stereocenters. The lowest BCUT2D eigenvalue weighted by molar-refractivity contribution is -0.149. The summed E-state index contributed by atoms with van der Waals surface area (Å²) in [4.78, 5) is 11.5. The molecule has 1 aliphatic rings. The summed E-state index contributed by atoms with van der Waals surface area (Å²) < 4.78 is 5.04. The van der Waals surface area contributed by atoms with Gasteiger partial charge in [0.15, 0.2) is 0 Å². The molecule has 0 aromatic heterocycles. The summed E-state index contributed by atoms with van der Waals surface area (Å²) in [6.45, 7) is 4.59. The molecule has 0 amide bonds. The Bertz CT molecular complexity index is 194. The number of hydrogen-bond acceptors (Lipinski definition) is 3. The maximum Gasteiger partial charge on any atom is 0.308 e. The van der Waals surface area contributed by atoms with E-state index in [1.54, 1.807) is 0 Å². The molecule has 1 rings (SSSR count). The number of rotatable bonds is 3. The first-order valence-electron chi connectivity index (χ1n) is 5.53. The van der Waals surface area contributed by atoms with Gasteiger partial charge in [-0.2, -0.15) is 0 Å². The van der Waals surface area contributed by atoms with Crippen molar-refractivity contribution in [1.82, 2.24) is 5.32 Å². The van der Waals surface area contributed by atoms with Crippen molar-refractivity contribution >= 4 is 5.97 Å². The summed E-state index contributed by atoms with van der Waals surface area (Å²) in [6, 6.07) is 0.471. The van der Waals surface area contributed by atoms with Gasteiger partial charge in [-0.25, -0.2) is 0 Å². The van der Waals surface area contributed by atoms with E-state index in [9.17, 15) is 4.79 Å². The zero-order valence-electron chi connectivity index (χ0n) is 9.38. The van der Waals surface area contributed by atoms with Crippen molar-refractivity contribution in [1.29, 1.82) is 0 Å². The molecule has 0 aromatic rings. The number of hydrogen-bond donors (Lipinski definition) is 1. The highest BCUT2D eigenvalue weighted by Gasteiger charge is 2.31. The summed E-state index contributed by atoms with van der Waals surface area (Å²) in [5.41, 5.74) is 0. The van der Waals surface area contributed by atoms with Gasteiger partial charge in [0.1, 0.15) is 0 Å². The Labute approximate surface area is 86.2 Å². The molecule has 3 heteroatoms. The zero-order chi connectivity index (χ0) is 10.6. The summed E-state index contributed by atoms with van der Waals surface area (Å²) in [5.74, 6) is 0.772. The van der Waals surface area contributed by atoms with Gasteiger partial charge in [-0.1, -0.05) is 6.92 Å². The SMILES string of the molecule is CCOC(=O)[C@@H]1CC[C@H](C)[C@H](NC)C1. The van der Waals surface area contributed by atoms with Gasteiger partial charge in [0, 0.05) is 6.04 Å². The van der Waals surface area contributed by atoms with Crippen LogP contribution >= 0.6 is 0 Å². The number of nitrogens with one attached hydrogen (secondary N) is 1. The van der Waals surface area contributed by atoms with Crippen molar-refractivity contribution in [2.75, 3.05) is 13.7 Å². The largest absolute Gasteiger partial charge is 0.466 e. The van der Waals surface area contributed by atoms with Crippen LogP contribution in [0, 0.1) is 11.8 Å². The Morgan fingerprint density at radius 3 is 2.79 bits per heavy atom. The predicted octanol–water partition coefficient (Wildman–Crippen LogP) is 1.57. The highest BCUT2D eigenvalue weighted by molar-refractivity contribution is 5.72. The first kappa shape index (κ1) is 11.5. The van der Waals surface area contributed by atoms with Gasteiger partial charge < -0.3 is 10.1 Å². The van der Waals surface area contributed by atoms with Crippen molar-refractivity contribution in [3.63, 3.8) is 0 Å². The van der Waals surface area contributed by atoms with Crippen LogP contribution in [0.3, 0.4) is 0 Å². The molecule has 0 spiro atoms. The van der Waals surface area contributed by atoms with E-state index >= 15 is 0 Å². The molecule has 0 heterocycles. The first-order valence-corrected chi connectivity index (χ1v) is 5.53. The fraction of sp³-hybridized carbons (Fsp3) is 0.909. The second-order valence-electron chi connectivity index (χ2n) is 4.13. The molecule has 0 radical (unpaired) electrons. The lowest BCUT2D eigenvalue weighted by Gasteiger charge is -2.32. The summed E-state index contributed by atoms with van der Waals surface area (Å²) in [5, 5.41) is 3.27. The van der Waals surface area contributed by atoms with E-state index in [4.69, 9.17) is 4.74 Å². The molecule has 1 aliphatic carbocycles. The van der Waals surface area contributed by atoms with E-state index < -0.39 is 0 Å². The van der Waals surface area contributed by atoms with Crippen molar-refractivity contribution in [2.45, 2.75) is 39.2 Å². The van der Waals surface area contributed by atoms with Crippen molar-refractivity contribution in [3.05, 3.63) is 0 Å². The van der Waals surface area contributed by atoms with Crippen LogP contribution in [0.25, 0.3) is 0 Å². The minimum Gasteiger partial charge on any atom is -0.466 e. The molecule has 0 saturated heterocycles. The Hall–Kier alpha value is -0.570. The lowest BCUT2D eigenvalue weighted by Crippen LogP contribution is -2.40. The average Bonchev–Trinajstić information content (AvgIpc) is 2.19. The molecule has 1 N–H and O–H groups in total. The molecule has 14 heavy (non-hydrogen) atoms. The van der Waals surface area contributed by atoms with Crippen LogP contribution in [0.15, 0.2) is 0 Å². The van der Waals surface area contributed by atoms with Crippen LogP contribution in [0.1, 0.15) is 33.1 Å². The highest BCUT2D eigenvalue weighted by Crippen LogP contribution is 2.29. The molecule has 1 fully saturated rings. The molecule has 0 aromatic carbocycles. The highest BCUT2D eigenvalue weighted by atomic mass is 16.5. The van der Waals surface area contributed by atoms with E-state index in [1.807, 2.05) is 14.0 Å². The molecular weight excluding hydrogens is 178 g/mol. The third-order valence-corrected chi connectivity index (χ3v) is 3.19. The van der Waals surface area contributed by atoms with Crippen LogP contribution < -0.4 is 5.32 Å². The normalized spacial score (nSPS) is 32.6. The lowest BCUT2D eigenvalue weighted by atomic mass is 9.79. The molecule has 1 saturated carbocycles. The van der Waals surface area contributed by atoms with Crippen LogP contribution in [-0.2, 0) is 9.53 Å². The molecular formula is C11H21NO2. The van der Waals surface area contributed by atoms with Gasteiger partial charge in [-0.3, -0.25) is 4.79 Å². The standard InChI is InChI=1S/C11H21NO2/c1-4-14-11(13)9-6-5-8(2)10(7-9)12-3/h8-10,12H,4-7H2,1-3H3/t8-,9+,10+/m0/s1. The monoisotopic (exact) mass is 199 g/mol. The number of esters is 1. The first-order chi connectivity index (χ1) is 6.69. The van der Waals surface area contributed by atoms with E-state index in [-0.39, 0.29) is 11.9 Å². The van der Waals surface area contributed by atoms with E-state index in [2.05, 4.69) is 12.2 Å². The molecule has 3 nitrogen and oxygen atoms in total. The number of ether oxygens (including phenoxy) is 1. The minimum atomic E-state index is -0.0142. The third kappa shape index (κ3) is 2.71. The van der Waals surface area contributed by atoms with E-state index in [0.717, 1.165) is 19.3 Å². The third-order valence-electron chi connectivity index (χ3n) is 3.19. The summed E-state index contributed by atoms with van der Waals surface area (Å²) in [6.07, 6.45) is 3.03. The van der Waals surface area contributed by atoms with Gasteiger partial charge in [-0.15, -0.1) is 0 Å².